The largest absolute Gasteiger partial charge is 0.269 e. The molecule has 0 N–H and O–H groups in total. The molecule has 0 spiro atoms. The Kier molecular flexibility index (Phi) is 2.63. The SMILES string of the molecule is O=C1C=CC(=O)N1c1cc(Br)ccc1Cl. The van der Waals surface area contributed by atoms with E-state index in [1.54, 1.807) is 18.2 Å². The maximum absolute atomic E-state index is 11.4. The Bertz CT molecular complexity index is 466. The molecule has 1 aliphatic heterocycles. The zero-order valence-corrected chi connectivity index (χ0v) is 9.75. The number of anilines is 1. The van der Waals surface area contributed by atoms with Gasteiger partial charge in [0, 0.05) is 16.6 Å². The van der Waals surface area contributed by atoms with E-state index in [0.29, 0.717) is 10.7 Å². The van der Waals surface area contributed by atoms with Crippen LogP contribution in [0.5, 0.6) is 0 Å². The lowest BCUT2D eigenvalue weighted by molar-refractivity contribution is -0.119. The number of halogens is 2. The van der Waals surface area contributed by atoms with Crippen molar-refractivity contribution in [2.24, 2.45) is 0 Å². The second-order valence-electron chi connectivity index (χ2n) is 2.94. The smallest absolute Gasteiger partial charge is 0.258 e. The summed E-state index contributed by atoms with van der Waals surface area (Å²) in [7, 11) is 0. The summed E-state index contributed by atoms with van der Waals surface area (Å²) in [6.45, 7) is 0. The summed E-state index contributed by atoms with van der Waals surface area (Å²) in [5.74, 6) is -0.750. The van der Waals surface area contributed by atoms with Crippen LogP contribution in [0.2, 0.25) is 5.02 Å². The van der Waals surface area contributed by atoms with E-state index in [2.05, 4.69) is 15.9 Å². The van der Waals surface area contributed by atoms with Crippen molar-refractivity contribution in [3.63, 3.8) is 0 Å². The van der Waals surface area contributed by atoms with Crippen LogP contribution in [-0.4, -0.2) is 11.8 Å². The number of carbonyl (C=O) groups excluding carboxylic acids is 2. The lowest BCUT2D eigenvalue weighted by Gasteiger charge is -2.15. The molecule has 3 nitrogen and oxygen atoms in total. The minimum atomic E-state index is -0.375. The number of benzene rings is 1. The van der Waals surface area contributed by atoms with Crippen molar-refractivity contribution in [2.75, 3.05) is 4.90 Å². The van der Waals surface area contributed by atoms with Crippen molar-refractivity contribution in [3.8, 4) is 0 Å². The number of carbonyl (C=O) groups is 2. The highest BCUT2D eigenvalue weighted by atomic mass is 79.9. The molecule has 0 unspecified atom stereocenters. The predicted octanol–water partition coefficient (Wildman–Crippen LogP) is 2.53. The summed E-state index contributed by atoms with van der Waals surface area (Å²) in [5.41, 5.74) is 0.394. The Hall–Kier alpha value is -1.13. The summed E-state index contributed by atoms with van der Waals surface area (Å²) in [4.78, 5) is 23.8. The lowest BCUT2D eigenvalue weighted by Crippen LogP contribution is -2.29. The summed E-state index contributed by atoms with van der Waals surface area (Å²) in [6, 6.07) is 5.00. The van der Waals surface area contributed by atoms with E-state index in [4.69, 9.17) is 11.6 Å². The number of hydrogen-bond acceptors (Lipinski definition) is 2. The van der Waals surface area contributed by atoms with E-state index in [0.717, 1.165) is 9.37 Å². The van der Waals surface area contributed by atoms with Crippen LogP contribution in [0.1, 0.15) is 0 Å². The molecule has 1 aliphatic rings. The maximum atomic E-state index is 11.4. The lowest BCUT2D eigenvalue weighted by atomic mass is 10.3. The number of hydrogen-bond donors (Lipinski definition) is 0. The van der Waals surface area contributed by atoms with Crippen molar-refractivity contribution in [1.82, 2.24) is 0 Å². The third kappa shape index (κ3) is 1.82. The molecule has 0 aliphatic carbocycles. The molecule has 2 amide bonds. The van der Waals surface area contributed by atoms with E-state index < -0.39 is 0 Å². The molecule has 0 atom stereocenters. The normalized spacial score (nSPS) is 15.2. The molecule has 0 saturated carbocycles. The molecule has 1 aromatic carbocycles. The first-order chi connectivity index (χ1) is 7.09. The van der Waals surface area contributed by atoms with Gasteiger partial charge in [0.2, 0.25) is 0 Å². The summed E-state index contributed by atoms with van der Waals surface area (Å²) in [6.07, 6.45) is 2.44. The summed E-state index contributed by atoms with van der Waals surface area (Å²) < 4.78 is 0.759. The van der Waals surface area contributed by atoms with E-state index in [9.17, 15) is 9.59 Å². The third-order valence-electron chi connectivity index (χ3n) is 1.96. The van der Waals surface area contributed by atoms with Crippen LogP contribution in [0, 0.1) is 0 Å². The van der Waals surface area contributed by atoms with Gasteiger partial charge in [0.1, 0.15) is 0 Å². The van der Waals surface area contributed by atoms with Crippen molar-refractivity contribution < 1.29 is 9.59 Å². The van der Waals surface area contributed by atoms with Gasteiger partial charge in [-0.15, -0.1) is 0 Å². The van der Waals surface area contributed by atoms with Gasteiger partial charge >= 0.3 is 0 Å². The second kappa shape index (κ2) is 3.79. The fourth-order valence-electron chi connectivity index (χ4n) is 1.29. The minimum absolute atomic E-state index is 0.364. The van der Waals surface area contributed by atoms with E-state index >= 15 is 0 Å². The fraction of sp³-hybridized carbons (Fsp3) is 0. The highest BCUT2D eigenvalue weighted by Crippen LogP contribution is 2.30. The fourth-order valence-corrected chi connectivity index (χ4v) is 1.85. The van der Waals surface area contributed by atoms with Gasteiger partial charge < -0.3 is 0 Å². The minimum Gasteiger partial charge on any atom is -0.269 e. The summed E-state index contributed by atoms with van der Waals surface area (Å²) in [5, 5.41) is 0.364. The molecule has 0 fully saturated rings. The molecule has 1 heterocycles. The highest BCUT2D eigenvalue weighted by molar-refractivity contribution is 9.10. The van der Waals surface area contributed by atoms with Crippen molar-refractivity contribution in [2.45, 2.75) is 0 Å². The number of rotatable bonds is 1. The molecule has 2 rings (SSSR count). The van der Waals surface area contributed by atoms with Crippen LogP contribution in [0.25, 0.3) is 0 Å². The van der Waals surface area contributed by atoms with Crippen LogP contribution < -0.4 is 4.90 Å². The van der Waals surface area contributed by atoms with Gasteiger partial charge in [-0.3, -0.25) is 9.59 Å². The molecule has 1 aromatic rings. The maximum Gasteiger partial charge on any atom is 0.258 e. The number of nitrogens with zero attached hydrogens (tertiary/aromatic N) is 1. The first-order valence-corrected chi connectivity index (χ1v) is 5.28. The molecule has 0 bridgehead atoms. The average Bonchev–Trinajstić information content (AvgIpc) is 2.51. The van der Waals surface area contributed by atoms with Crippen LogP contribution in [0.15, 0.2) is 34.8 Å². The van der Waals surface area contributed by atoms with E-state index in [1.807, 2.05) is 0 Å². The molecule has 76 valence electrons. The Morgan fingerprint density at radius 3 is 2.33 bits per heavy atom. The Labute approximate surface area is 99.4 Å². The second-order valence-corrected chi connectivity index (χ2v) is 4.26. The standard InChI is InChI=1S/C10H5BrClNO2/c11-6-1-2-7(12)8(5-6)13-9(14)3-4-10(13)15/h1-5H. The van der Waals surface area contributed by atoms with Gasteiger partial charge in [-0.2, -0.15) is 0 Å². The van der Waals surface area contributed by atoms with Crippen LogP contribution in [0.3, 0.4) is 0 Å². The zero-order valence-electron chi connectivity index (χ0n) is 7.41. The average molecular weight is 287 g/mol. The van der Waals surface area contributed by atoms with Gasteiger partial charge in [-0.1, -0.05) is 27.5 Å². The highest BCUT2D eigenvalue weighted by Gasteiger charge is 2.26. The van der Waals surface area contributed by atoms with Crippen molar-refractivity contribution in [1.29, 1.82) is 0 Å². The topological polar surface area (TPSA) is 37.4 Å². The monoisotopic (exact) mass is 285 g/mol. The van der Waals surface area contributed by atoms with Crippen LogP contribution in [0.4, 0.5) is 5.69 Å². The van der Waals surface area contributed by atoms with Gasteiger partial charge in [0.15, 0.2) is 0 Å². The van der Waals surface area contributed by atoms with Crippen LogP contribution >= 0.6 is 27.5 Å². The Morgan fingerprint density at radius 1 is 1.13 bits per heavy atom. The van der Waals surface area contributed by atoms with Crippen molar-refractivity contribution >= 4 is 45.0 Å². The molecular formula is C10H5BrClNO2. The Balaban J connectivity index is 2.50. The number of amides is 2. The predicted molar refractivity (Wildman–Crippen MR) is 60.8 cm³/mol. The first kappa shape index (κ1) is 10.4. The Morgan fingerprint density at radius 2 is 1.73 bits per heavy atom. The summed E-state index contributed by atoms with van der Waals surface area (Å²) >= 11 is 9.17. The van der Waals surface area contributed by atoms with Crippen molar-refractivity contribution in [3.05, 3.63) is 39.8 Å². The van der Waals surface area contributed by atoms with E-state index in [-0.39, 0.29) is 11.8 Å². The third-order valence-corrected chi connectivity index (χ3v) is 2.77. The van der Waals surface area contributed by atoms with Gasteiger partial charge in [-0.05, 0) is 18.2 Å². The molecule has 0 radical (unpaired) electrons. The molecule has 0 saturated heterocycles. The number of imide groups is 1. The zero-order chi connectivity index (χ0) is 11.0. The molecule has 5 heteroatoms. The molecule has 0 aromatic heterocycles. The molecule has 15 heavy (non-hydrogen) atoms. The van der Waals surface area contributed by atoms with Crippen LogP contribution in [-0.2, 0) is 9.59 Å². The van der Waals surface area contributed by atoms with Gasteiger partial charge in [0.25, 0.3) is 11.8 Å². The molecular weight excluding hydrogens is 281 g/mol. The van der Waals surface area contributed by atoms with E-state index in [1.165, 1.54) is 12.2 Å². The van der Waals surface area contributed by atoms with Gasteiger partial charge in [0.05, 0.1) is 10.7 Å². The van der Waals surface area contributed by atoms with Gasteiger partial charge in [-0.25, -0.2) is 4.90 Å². The quantitative estimate of drug-likeness (QED) is 0.744. The first-order valence-electron chi connectivity index (χ1n) is 4.11.